The molecule has 44 heavy (non-hydrogen) atoms. The summed E-state index contributed by atoms with van der Waals surface area (Å²) >= 11 is 0. The first-order chi connectivity index (χ1) is 21.0. The van der Waals surface area contributed by atoms with Gasteiger partial charge in [-0.15, -0.1) is 0 Å². The van der Waals surface area contributed by atoms with Crippen molar-refractivity contribution in [2.24, 2.45) is 5.92 Å². The van der Waals surface area contributed by atoms with Crippen LogP contribution in [0.5, 0.6) is 0 Å². The summed E-state index contributed by atoms with van der Waals surface area (Å²) in [5.74, 6) is -3.01. The molecule has 1 amide bonds. The SMILES string of the molecule is COCCCCC1CCCC(C(=O)NOC2CCCCO2)(S(=O)(=O)c2ccc(-c3ccc(CCC(C)(F)F)cc3)cc2)CC1. The minimum Gasteiger partial charge on any atom is -0.385 e. The lowest BCUT2D eigenvalue weighted by atomic mass is 9.93. The van der Waals surface area contributed by atoms with Gasteiger partial charge in [0.05, 0.1) is 4.90 Å². The van der Waals surface area contributed by atoms with Crippen molar-refractivity contribution in [1.82, 2.24) is 5.48 Å². The number of ether oxygens (including phenoxy) is 2. The summed E-state index contributed by atoms with van der Waals surface area (Å²) in [7, 11) is -2.42. The zero-order valence-corrected chi connectivity index (χ0v) is 26.8. The minimum atomic E-state index is -4.10. The zero-order chi connectivity index (χ0) is 31.6. The molecule has 0 bridgehead atoms. The molecule has 1 saturated heterocycles. The van der Waals surface area contributed by atoms with Gasteiger partial charge in [0, 0.05) is 33.2 Å². The van der Waals surface area contributed by atoms with Gasteiger partial charge in [-0.3, -0.25) is 4.79 Å². The number of carbonyl (C=O) groups is 1. The number of hydrogen-bond acceptors (Lipinski definition) is 6. The third kappa shape index (κ3) is 9.08. The van der Waals surface area contributed by atoms with Gasteiger partial charge in [-0.1, -0.05) is 62.1 Å². The van der Waals surface area contributed by atoms with E-state index in [0.29, 0.717) is 38.4 Å². The molecular weight excluding hydrogens is 588 g/mol. The summed E-state index contributed by atoms with van der Waals surface area (Å²) in [4.78, 5) is 19.5. The van der Waals surface area contributed by atoms with Crippen LogP contribution < -0.4 is 5.48 Å². The summed E-state index contributed by atoms with van der Waals surface area (Å²) in [6, 6.07) is 13.9. The number of carbonyl (C=O) groups excluding carboxylic acids is 1. The first-order valence-electron chi connectivity index (χ1n) is 15.9. The van der Waals surface area contributed by atoms with E-state index in [9.17, 15) is 22.0 Å². The van der Waals surface area contributed by atoms with E-state index in [0.717, 1.165) is 62.1 Å². The number of aryl methyl sites for hydroxylation is 1. The molecule has 0 radical (unpaired) electrons. The molecule has 1 heterocycles. The van der Waals surface area contributed by atoms with E-state index in [1.165, 1.54) is 0 Å². The molecule has 10 heteroatoms. The third-order valence-electron chi connectivity index (χ3n) is 9.01. The molecule has 1 saturated carbocycles. The summed E-state index contributed by atoms with van der Waals surface area (Å²) in [5, 5.41) is 0. The number of alkyl halides is 2. The van der Waals surface area contributed by atoms with Crippen molar-refractivity contribution in [3.8, 4) is 11.1 Å². The number of sulfone groups is 1. The molecule has 2 fully saturated rings. The van der Waals surface area contributed by atoms with Gasteiger partial charge in [-0.25, -0.2) is 27.5 Å². The number of methoxy groups -OCH3 is 1. The lowest BCUT2D eigenvalue weighted by Gasteiger charge is -2.32. The van der Waals surface area contributed by atoms with Gasteiger partial charge in [0.15, 0.2) is 20.9 Å². The van der Waals surface area contributed by atoms with E-state index < -0.39 is 32.7 Å². The normalized spacial score (nSPS) is 23.2. The second kappa shape index (κ2) is 15.7. The van der Waals surface area contributed by atoms with E-state index in [1.807, 2.05) is 24.3 Å². The van der Waals surface area contributed by atoms with Crippen LogP contribution in [0, 0.1) is 5.92 Å². The lowest BCUT2D eigenvalue weighted by Crippen LogP contribution is -2.53. The quantitative estimate of drug-likeness (QED) is 0.132. The Labute approximate surface area is 260 Å². The Morgan fingerprint density at radius 2 is 1.68 bits per heavy atom. The van der Waals surface area contributed by atoms with Crippen LogP contribution >= 0.6 is 0 Å². The van der Waals surface area contributed by atoms with E-state index in [2.05, 4.69) is 5.48 Å². The van der Waals surface area contributed by atoms with Crippen molar-refractivity contribution in [3.63, 3.8) is 0 Å². The molecule has 2 aliphatic rings. The van der Waals surface area contributed by atoms with Gasteiger partial charge in [0.25, 0.3) is 5.91 Å². The largest absolute Gasteiger partial charge is 0.385 e. The number of unbranched alkanes of at least 4 members (excludes halogenated alkanes) is 1. The van der Waals surface area contributed by atoms with Crippen LogP contribution in [-0.4, -0.2) is 51.6 Å². The van der Waals surface area contributed by atoms with Gasteiger partial charge in [-0.05, 0) is 86.6 Å². The van der Waals surface area contributed by atoms with Crippen LogP contribution in [0.2, 0.25) is 0 Å². The highest BCUT2D eigenvalue weighted by Gasteiger charge is 2.52. The second-order valence-corrected chi connectivity index (χ2v) is 14.7. The Bertz CT molecular complexity index is 1290. The van der Waals surface area contributed by atoms with Crippen molar-refractivity contribution in [2.75, 3.05) is 20.3 Å². The van der Waals surface area contributed by atoms with Gasteiger partial charge in [-0.2, -0.15) is 0 Å². The predicted molar refractivity (Wildman–Crippen MR) is 166 cm³/mol. The van der Waals surface area contributed by atoms with Crippen LogP contribution in [-0.2, 0) is 35.4 Å². The highest BCUT2D eigenvalue weighted by molar-refractivity contribution is 7.93. The highest BCUT2D eigenvalue weighted by Crippen LogP contribution is 2.41. The fourth-order valence-corrected chi connectivity index (χ4v) is 8.30. The molecule has 1 aliphatic carbocycles. The molecule has 2 aromatic rings. The number of benzene rings is 2. The number of hydrogen-bond donors (Lipinski definition) is 1. The van der Waals surface area contributed by atoms with Crippen LogP contribution in [0.1, 0.15) is 89.5 Å². The number of nitrogens with one attached hydrogen (secondary N) is 1. The maximum absolute atomic E-state index is 14.4. The summed E-state index contributed by atoms with van der Waals surface area (Å²) in [6.45, 7) is 2.16. The first kappa shape index (κ1) is 34.5. The summed E-state index contributed by atoms with van der Waals surface area (Å²) in [5.41, 5.74) is 4.95. The summed E-state index contributed by atoms with van der Waals surface area (Å²) < 4.78 is 64.4. The Balaban J connectivity index is 1.53. The fraction of sp³-hybridized carbons (Fsp3) is 0.618. The molecule has 3 unspecified atom stereocenters. The molecule has 244 valence electrons. The zero-order valence-electron chi connectivity index (χ0n) is 26.0. The maximum atomic E-state index is 14.4. The lowest BCUT2D eigenvalue weighted by molar-refractivity contribution is -0.201. The van der Waals surface area contributed by atoms with E-state index >= 15 is 0 Å². The molecule has 7 nitrogen and oxygen atoms in total. The number of hydroxylamine groups is 1. The monoisotopic (exact) mass is 635 g/mol. The van der Waals surface area contributed by atoms with Gasteiger partial charge < -0.3 is 9.47 Å². The Kier molecular flexibility index (Phi) is 12.3. The molecule has 1 aliphatic heterocycles. The molecule has 0 aromatic heterocycles. The van der Waals surface area contributed by atoms with Gasteiger partial charge in [0.2, 0.25) is 5.92 Å². The standard InChI is InChI=1S/C34H47F2NO6S/c1-33(35,36)22-19-27-11-13-28(14-12-27)29-15-17-30(18-16-29)44(39,40)34(32(38)37-43-31-10-4-6-25-42-31)21-7-9-26(20-23-34)8-3-5-24-41-2/h11-18,26,31H,3-10,19-25H2,1-2H3,(H,37,38). The average Bonchev–Trinajstić information content (AvgIpc) is 3.25. The van der Waals surface area contributed by atoms with Gasteiger partial charge >= 0.3 is 0 Å². The molecule has 0 spiro atoms. The fourth-order valence-electron chi connectivity index (χ4n) is 6.27. The van der Waals surface area contributed by atoms with Crippen LogP contribution in [0.4, 0.5) is 8.78 Å². The molecular formula is C34H47F2NO6S. The van der Waals surface area contributed by atoms with Crippen molar-refractivity contribution < 1.29 is 36.3 Å². The minimum absolute atomic E-state index is 0.0886. The topological polar surface area (TPSA) is 90.9 Å². The van der Waals surface area contributed by atoms with Crippen LogP contribution in [0.3, 0.4) is 0 Å². The van der Waals surface area contributed by atoms with Crippen molar-refractivity contribution in [1.29, 1.82) is 0 Å². The third-order valence-corrected chi connectivity index (χ3v) is 11.5. The Hall–Kier alpha value is -2.40. The van der Waals surface area contributed by atoms with Gasteiger partial charge in [0.1, 0.15) is 0 Å². The second-order valence-electron chi connectivity index (χ2n) is 12.4. The highest BCUT2D eigenvalue weighted by atomic mass is 32.2. The van der Waals surface area contributed by atoms with Crippen LogP contribution in [0.25, 0.3) is 11.1 Å². The maximum Gasteiger partial charge on any atom is 0.265 e. The summed E-state index contributed by atoms with van der Waals surface area (Å²) in [6.07, 6.45) is 7.42. The molecule has 1 N–H and O–H groups in total. The van der Waals surface area contributed by atoms with E-state index in [4.69, 9.17) is 14.3 Å². The van der Waals surface area contributed by atoms with Crippen molar-refractivity contribution in [2.45, 2.75) is 112 Å². The van der Waals surface area contributed by atoms with E-state index in [-0.39, 0.29) is 30.6 Å². The Morgan fingerprint density at radius 1 is 0.977 bits per heavy atom. The molecule has 4 rings (SSSR count). The Morgan fingerprint density at radius 3 is 2.32 bits per heavy atom. The van der Waals surface area contributed by atoms with Crippen molar-refractivity contribution >= 4 is 15.7 Å². The smallest absolute Gasteiger partial charge is 0.265 e. The van der Waals surface area contributed by atoms with Crippen LogP contribution in [0.15, 0.2) is 53.4 Å². The average molecular weight is 636 g/mol. The number of rotatable bonds is 14. The predicted octanol–water partition coefficient (Wildman–Crippen LogP) is 7.43. The molecule has 3 atom stereocenters. The number of halogens is 2. The van der Waals surface area contributed by atoms with E-state index in [1.54, 1.807) is 31.4 Å². The molecule has 2 aromatic carbocycles. The van der Waals surface area contributed by atoms with Crippen molar-refractivity contribution in [3.05, 3.63) is 54.1 Å². The first-order valence-corrected chi connectivity index (χ1v) is 17.4. The number of amides is 1.